The smallest absolute Gasteiger partial charge is 0.295 e. The highest BCUT2D eigenvalue weighted by Gasteiger charge is 2.23. The van der Waals surface area contributed by atoms with Crippen molar-refractivity contribution in [3.8, 4) is 0 Å². The summed E-state index contributed by atoms with van der Waals surface area (Å²) in [7, 11) is -8.36. The molecule has 0 bridgehead atoms. The zero-order valence-electron chi connectivity index (χ0n) is 17.6. The fraction of sp³-hybridized carbons (Fsp3) is 0.0455. The van der Waals surface area contributed by atoms with Gasteiger partial charge in [0.2, 0.25) is 11.0 Å². The molecule has 0 saturated heterocycles. The number of halogens is 1. The zero-order valence-corrected chi connectivity index (χ0v) is 20.0. The Hall–Kier alpha value is -3.54. The van der Waals surface area contributed by atoms with Gasteiger partial charge in [-0.25, -0.2) is 8.42 Å². The summed E-state index contributed by atoms with van der Waals surface area (Å²) in [4.78, 5) is 11.1. The van der Waals surface area contributed by atoms with Gasteiger partial charge in [-0.05, 0) is 42.5 Å². The van der Waals surface area contributed by atoms with E-state index in [0.29, 0.717) is 11.0 Å². The lowest BCUT2D eigenvalue weighted by Gasteiger charge is -2.15. The molecule has 1 amide bonds. The van der Waals surface area contributed by atoms with Crippen LogP contribution < -0.4 is 14.8 Å². The second kappa shape index (κ2) is 9.01. The van der Waals surface area contributed by atoms with E-state index < -0.39 is 20.0 Å². The van der Waals surface area contributed by atoms with E-state index in [1.54, 1.807) is 24.3 Å². The van der Waals surface area contributed by atoms with E-state index in [1.165, 1.54) is 55.5 Å². The van der Waals surface area contributed by atoms with Gasteiger partial charge in [0.05, 0.1) is 16.3 Å². The van der Waals surface area contributed by atoms with Crippen molar-refractivity contribution in [2.45, 2.75) is 16.9 Å². The van der Waals surface area contributed by atoms with Crippen molar-refractivity contribution < 1.29 is 26.0 Å². The Bertz CT molecular complexity index is 1580. The van der Waals surface area contributed by atoms with Gasteiger partial charge < -0.3 is 9.73 Å². The van der Waals surface area contributed by atoms with E-state index in [9.17, 15) is 21.6 Å². The van der Waals surface area contributed by atoms with E-state index in [-0.39, 0.29) is 38.0 Å². The third kappa shape index (κ3) is 5.16. The Labute approximate surface area is 200 Å². The van der Waals surface area contributed by atoms with Gasteiger partial charge in [0.15, 0.2) is 0 Å². The van der Waals surface area contributed by atoms with Crippen LogP contribution in [-0.2, 0) is 24.8 Å². The summed E-state index contributed by atoms with van der Waals surface area (Å²) in [5.74, 6) is -0.359. The molecule has 1 heterocycles. The zero-order chi connectivity index (χ0) is 24.5. The summed E-state index contributed by atoms with van der Waals surface area (Å²) in [6.07, 6.45) is 0. The highest BCUT2D eigenvalue weighted by molar-refractivity contribution is 7.93. The summed E-state index contributed by atoms with van der Waals surface area (Å²) in [6, 6.07) is 17.8. The van der Waals surface area contributed by atoms with Gasteiger partial charge in [-0.1, -0.05) is 35.9 Å². The van der Waals surface area contributed by atoms with E-state index in [1.807, 2.05) is 0 Å². The number of fused-ring (bicyclic) bond motifs is 1. The van der Waals surface area contributed by atoms with E-state index in [2.05, 4.69) is 14.8 Å². The minimum absolute atomic E-state index is 0.0611. The van der Waals surface area contributed by atoms with Gasteiger partial charge in [0.25, 0.3) is 20.0 Å². The maximum absolute atomic E-state index is 13.0. The van der Waals surface area contributed by atoms with E-state index in [4.69, 9.17) is 16.0 Å². The molecule has 3 N–H and O–H groups in total. The van der Waals surface area contributed by atoms with Gasteiger partial charge in [0, 0.05) is 29.1 Å². The van der Waals surface area contributed by atoms with Gasteiger partial charge in [-0.3, -0.25) is 14.2 Å². The molecule has 0 aliphatic heterocycles. The van der Waals surface area contributed by atoms with Crippen LogP contribution >= 0.6 is 11.6 Å². The molecule has 1 aromatic heterocycles. The molecule has 0 aliphatic carbocycles. The normalized spacial score (nSPS) is 11.8. The number of rotatable bonds is 7. The average molecular weight is 520 g/mol. The van der Waals surface area contributed by atoms with Crippen LogP contribution in [0.25, 0.3) is 11.0 Å². The Balaban J connectivity index is 1.66. The van der Waals surface area contributed by atoms with Gasteiger partial charge in [-0.2, -0.15) is 8.42 Å². The molecular weight excluding hydrogens is 502 g/mol. The first-order valence-electron chi connectivity index (χ1n) is 9.75. The number of benzene rings is 3. The minimum atomic E-state index is -4.21. The quantitative estimate of drug-likeness (QED) is 0.325. The van der Waals surface area contributed by atoms with Crippen molar-refractivity contribution in [3.05, 3.63) is 77.8 Å². The fourth-order valence-corrected chi connectivity index (χ4v) is 5.46. The number of furan rings is 1. The van der Waals surface area contributed by atoms with Gasteiger partial charge in [-0.15, -0.1) is 0 Å². The number of nitrogens with one attached hydrogen (secondary N) is 3. The Morgan fingerprint density at radius 2 is 1.56 bits per heavy atom. The molecule has 0 radical (unpaired) electrons. The second-order valence-corrected chi connectivity index (χ2v) is 10.9. The highest BCUT2D eigenvalue weighted by atomic mass is 35.5. The van der Waals surface area contributed by atoms with Crippen molar-refractivity contribution in [3.63, 3.8) is 0 Å². The second-order valence-electron chi connectivity index (χ2n) is 7.21. The lowest BCUT2D eigenvalue weighted by molar-refractivity contribution is -0.114. The molecular formula is C22H18ClN3O6S2. The van der Waals surface area contributed by atoms with Crippen LogP contribution in [-0.4, -0.2) is 22.7 Å². The van der Waals surface area contributed by atoms with Crippen LogP contribution in [0.2, 0.25) is 5.02 Å². The van der Waals surface area contributed by atoms with Crippen molar-refractivity contribution in [1.29, 1.82) is 0 Å². The number of hydrogen-bond donors (Lipinski definition) is 3. The fourth-order valence-electron chi connectivity index (χ4n) is 3.12. The number of para-hydroxylation sites is 1. The summed E-state index contributed by atoms with van der Waals surface area (Å²) >= 11 is 6.04. The summed E-state index contributed by atoms with van der Waals surface area (Å²) in [5.41, 5.74) is 0.509. The summed E-state index contributed by atoms with van der Waals surface area (Å²) in [6.45, 7) is 1.30. The minimum Gasteiger partial charge on any atom is -0.443 e. The van der Waals surface area contributed by atoms with Crippen LogP contribution in [0.3, 0.4) is 0 Å². The van der Waals surface area contributed by atoms with Gasteiger partial charge >= 0.3 is 0 Å². The van der Waals surface area contributed by atoms with Crippen LogP contribution in [0.5, 0.6) is 0 Å². The number of carbonyl (C=O) groups excluding carboxylic acids is 1. The van der Waals surface area contributed by atoms with E-state index >= 15 is 0 Å². The Kier molecular flexibility index (Phi) is 6.26. The van der Waals surface area contributed by atoms with E-state index in [0.717, 1.165) is 0 Å². The average Bonchev–Trinajstić information content (AvgIpc) is 3.21. The molecule has 0 spiro atoms. The van der Waals surface area contributed by atoms with Crippen molar-refractivity contribution >= 4 is 65.6 Å². The third-order valence-electron chi connectivity index (χ3n) is 4.60. The molecule has 0 saturated carbocycles. The van der Waals surface area contributed by atoms with Crippen LogP contribution in [0.4, 0.5) is 17.1 Å². The number of sulfonamides is 2. The number of amides is 1. The van der Waals surface area contributed by atoms with Crippen molar-refractivity contribution in [2.24, 2.45) is 0 Å². The first-order valence-corrected chi connectivity index (χ1v) is 13.1. The molecule has 9 nitrogen and oxygen atoms in total. The molecule has 4 rings (SSSR count). The number of carbonyl (C=O) groups is 1. The monoisotopic (exact) mass is 519 g/mol. The SMILES string of the molecule is CC(=O)Nc1cccc(S(=O)(=O)Nc2ccc(Cl)cc2NS(=O)(=O)c2cc3ccccc3o2)c1. The van der Waals surface area contributed by atoms with Crippen LogP contribution in [0.15, 0.2) is 87.2 Å². The lowest BCUT2D eigenvalue weighted by Crippen LogP contribution is -2.17. The molecule has 12 heteroatoms. The van der Waals surface area contributed by atoms with Gasteiger partial charge in [0.1, 0.15) is 5.58 Å². The Morgan fingerprint density at radius 1 is 0.824 bits per heavy atom. The molecule has 34 heavy (non-hydrogen) atoms. The van der Waals surface area contributed by atoms with Crippen molar-refractivity contribution in [2.75, 3.05) is 14.8 Å². The molecule has 4 aromatic rings. The molecule has 0 unspecified atom stereocenters. The first kappa shape index (κ1) is 23.6. The predicted octanol–water partition coefficient (Wildman–Crippen LogP) is 4.65. The molecule has 0 atom stereocenters. The number of hydrogen-bond acceptors (Lipinski definition) is 6. The van der Waals surface area contributed by atoms with Crippen LogP contribution in [0.1, 0.15) is 6.92 Å². The first-order chi connectivity index (χ1) is 16.0. The molecule has 3 aromatic carbocycles. The highest BCUT2D eigenvalue weighted by Crippen LogP contribution is 2.31. The largest absolute Gasteiger partial charge is 0.443 e. The standard InChI is InChI=1S/C22H18ClN3O6S2/c1-14(27)24-17-6-4-7-18(13-17)33(28,29)25-19-10-9-16(23)12-20(19)26-34(30,31)22-11-15-5-2-3-8-21(15)32-22/h2-13,25-26H,1H3,(H,24,27). The predicted molar refractivity (Wildman–Crippen MR) is 130 cm³/mol. The maximum atomic E-state index is 13.0. The molecule has 176 valence electrons. The number of anilines is 3. The lowest BCUT2D eigenvalue weighted by atomic mass is 10.3. The third-order valence-corrected chi connectivity index (χ3v) is 7.42. The molecule has 0 aliphatic rings. The topological polar surface area (TPSA) is 135 Å². The van der Waals surface area contributed by atoms with Crippen LogP contribution in [0, 0.1) is 0 Å². The van der Waals surface area contributed by atoms with Crippen molar-refractivity contribution in [1.82, 2.24) is 0 Å². The summed E-state index contributed by atoms with van der Waals surface area (Å²) < 4.78 is 62.0. The maximum Gasteiger partial charge on any atom is 0.295 e. The molecule has 0 fully saturated rings. The summed E-state index contributed by atoms with van der Waals surface area (Å²) in [5, 5.41) is 2.94. The Morgan fingerprint density at radius 3 is 2.29 bits per heavy atom.